The molecule has 0 atom stereocenters. The number of nitrogens with one attached hydrogen (secondary N) is 1. The highest BCUT2D eigenvalue weighted by atomic mass is 35.5. The van der Waals surface area contributed by atoms with Gasteiger partial charge in [-0.1, -0.05) is 11.6 Å². The van der Waals surface area contributed by atoms with E-state index < -0.39 is 27.0 Å². The molecular weight excluding hydrogens is 413 g/mol. The minimum atomic E-state index is -5.10. The highest BCUT2D eigenvalue weighted by Gasteiger charge is 2.34. The minimum Gasteiger partial charge on any atom is -0.404 e. The lowest BCUT2D eigenvalue weighted by atomic mass is 10.3. The first-order valence-corrected chi connectivity index (χ1v) is 8.77. The van der Waals surface area contributed by atoms with Crippen LogP contribution in [0, 0.1) is 0 Å². The Kier molecular flexibility index (Phi) is 4.89. The molecule has 27 heavy (non-hydrogen) atoms. The normalized spacial score (nSPS) is 12.0. The number of alkyl halides is 3. The molecule has 0 radical (unpaired) electrons. The number of halogens is 4. The van der Waals surface area contributed by atoms with Gasteiger partial charge in [0.25, 0.3) is 16.0 Å². The molecule has 0 unspecified atom stereocenters. The molecule has 0 saturated carbocycles. The lowest BCUT2D eigenvalue weighted by Gasteiger charge is -2.14. The zero-order valence-electron chi connectivity index (χ0n) is 12.9. The van der Waals surface area contributed by atoms with Gasteiger partial charge in [0.15, 0.2) is 0 Å². The summed E-state index contributed by atoms with van der Waals surface area (Å²) in [6.45, 7) is 0. The summed E-state index contributed by atoms with van der Waals surface area (Å²) in [6.07, 6.45) is -1.32. The monoisotopic (exact) mass is 420 g/mol. The molecule has 0 spiro atoms. The Morgan fingerprint density at radius 1 is 1.15 bits per heavy atom. The maximum Gasteiger partial charge on any atom is 0.573 e. The number of nitrogens with zero attached hydrogens (tertiary/aromatic N) is 5. The fourth-order valence-electron chi connectivity index (χ4n) is 1.93. The van der Waals surface area contributed by atoms with Crippen LogP contribution in [-0.4, -0.2) is 39.5 Å². The second-order valence-electron chi connectivity index (χ2n) is 4.79. The first kappa shape index (κ1) is 18.8. The standard InChI is InChI=1S/C13H8ClF3N6O3S/c14-8-2-3-9(26-13(15,16)17)10(6-8)27(24,25)22-12-20-7-21-23(12)11-18-4-1-5-19-11/h1-7H,(H,20,21,22). The van der Waals surface area contributed by atoms with Gasteiger partial charge in [0.1, 0.15) is 17.0 Å². The Balaban J connectivity index is 2.00. The van der Waals surface area contributed by atoms with E-state index in [9.17, 15) is 21.6 Å². The van der Waals surface area contributed by atoms with E-state index in [0.29, 0.717) is 0 Å². The molecule has 0 aliphatic rings. The molecule has 0 bridgehead atoms. The van der Waals surface area contributed by atoms with Crippen LogP contribution in [0.4, 0.5) is 19.1 Å². The quantitative estimate of drug-likeness (QED) is 0.674. The molecule has 0 saturated heterocycles. The zero-order valence-corrected chi connectivity index (χ0v) is 14.5. The van der Waals surface area contributed by atoms with Crippen LogP contribution in [0.15, 0.2) is 47.9 Å². The van der Waals surface area contributed by atoms with Crippen molar-refractivity contribution >= 4 is 27.6 Å². The van der Waals surface area contributed by atoms with Crippen LogP contribution in [0.5, 0.6) is 5.75 Å². The van der Waals surface area contributed by atoms with Gasteiger partial charge >= 0.3 is 6.36 Å². The van der Waals surface area contributed by atoms with Gasteiger partial charge in [-0.15, -0.1) is 13.2 Å². The number of sulfonamides is 1. The average molecular weight is 421 g/mol. The van der Waals surface area contributed by atoms with Gasteiger partial charge in [0.2, 0.25) is 5.95 Å². The molecular formula is C13H8ClF3N6O3S. The third kappa shape index (κ3) is 4.43. The Morgan fingerprint density at radius 2 is 1.85 bits per heavy atom. The first-order valence-electron chi connectivity index (χ1n) is 6.91. The molecule has 0 aliphatic carbocycles. The lowest BCUT2D eigenvalue weighted by Crippen LogP contribution is -2.22. The summed E-state index contributed by atoms with van der Waals surface area (Å²) in [7, 11) is -4.58. The van der Waals surface area contributed by atoms with E-state index in [1.807, 2.05) is 4.72 Å². The third-order valence-electron chi connectivity index (χ3n) is 2.94. The average Bonchev–Trinajstić information content (AvgIpc) is 3.03. The van der Waals surface area contributed by atoms with E-state index >= 15 is 0 Å². The number of anilines is 1. The van der Waals surface area contributed by atoms with Gasteiger partial charge in [-0.2, -0.15) is 14.8 Å². The largest absolute Gasteiger partial charge is 0.573 e. The third-order valence-corrected chi connectivity index (χ3v) is 4.52. The van der Waals surface area contributed by atoms with Crippen molar-refractivity contribution in [1.29, 1.82) is 0 Å². The number of hydrogen-bond acceptors (Lipinski definition) is 7. The van der Waals surface area contributed by atoms with Crippen molar-refractivity contribution in [1.82, 2.24) is 24.7 Å². The summed E-state index contributed by atoms with van der Waals surface area (Å²) < 4.78 is 69.6. The van der Waals surface area contributed by atoms with Crippen molar-refractivity contribution in [3.63, 3.8) is 0 Å². The highest BCUT2D eigenvalue weighted by molar-refractivity contribution is 7.92. The van der Waals surface area contributed by atoms with E-state index in [0.717, 1.165) is 29.2 Å². The molecule has 9 nitrogen and oxygen atoms in total. The topological polar surface area (TPSA) is 112 Å². The van der Waals surface area contributed by atoms with E-state index in [4.69, 9.17) is 11.6 Å². The van der Waals surface area contributed by atoms with Crippen molar-refractivity contribution in [2.24, 2.45) is 0 Å². The zero-order chi connectivity index (χ0) is 19.7. The minimum absolute atomic E-state index is 0.00874. The van der Waals surface area contributed by atoms with Crippen LogP contribution in [0.3, 0.4) is 0 Å². The van der Waals surface area contributed by atoms with Gasteiger partial charge in [-0.3, -0.25) is 0 Å². The predicted octanol–water partition coefficient (Wildman–Crippen LogP) is 2.41. The summed E-state index contributed by atoms with van der Waals surface area (Å²) in [6, 6.07) is 4.18. The van der Waals surface area contributed by atoms with Gasteiger partial charge in [-0.05, 0) is 24.3 Å². The van der Waals surface area contributed by atoms with Crippen LogP contribution in [0.25, 0.3) is 5.95 Å². The molecule has 142 valence electrons. The van der Waals surface area contributed by atoms with Crippen LogP contribution >= 0.6 is 11.6 Å². The van der Waals surface area contributed by atoms with Gasteiger partial charge in [0, 0.05) is 17.4 Å². The Labute approximate surface area is 154 Å². The Morgan fingerprint density at radius 3 is 2.52 bits per heavy atom. The Hall–Kier alpha value is -2.93. The molecule has 3 aromatic rings. The van der Waals surface area contributed by atoms with E-state index in [1.165, 1.54) is 18.5 Å². The van der Waals surface area contributed by atoms with Crippen LogP contribution in [0.1, 0.15) is 0 Å². The van der Waals surface area contributed by atoms with E-state index in [1.54, 1.807) is 0 Å². The summed E-state index contributed by atoms with van der Waals surface area (Å²) in [5, 5.41) is 3.67. The van der Waals surface area contributed by atoms with Gasteiger partial charge in [-0.25, -0.2) is 23.1 Å². The predicted molar refractivity (Wildman–Crippen MR) is 85.9 cm³/mol. The molecule has 0 aliphatic heterocycles. The van der Waals surface area contributed by atoms with Crippen LogP contribution < -0.4 is 9.46 Å². The summed E-state index contributed by atoms with van der Waals surface area (Å²) in [4.78, 5) is 10.6. The molecule has 0 fully saturated rings. The van der Waals surface area contributed by atoms with Crippen molar-refractivity contribution < 1.29 is 26.3 Å². The molecule has 1 aromatic carbocycles. The molecule has 14 heteroatoms. The SMILES string of the molecule is O=S(=O)(Nc1ncnn1-c1ncccn1)c1cc(Cl)ccc1OC(F)(F)F. The summed E-state index contributed by atoms with van der Waals surface area (Å²) in [5.41, 5.74) is 0. The maximum absolute atomic E-state index is 12.6. The van der Waals surface area contributed by atoms with Crippen molar-refractivity contribution in [3.8, 4) is 11.7 Å². The second-order valence-corrected chi connectivity index (χ2v) is 6.88. The first-order chi connectivity index (χ1) is 12.7. The van der Waals surface area contributed by atoms with Crippen molar-refractivity contribution in [2.45, 2.75) is 11.3 Å². The lowest BCUT2D eigenvalue weighted by molar-refractivity contribution is -0.275. The second kappa shape index (κ2) is 7.00. The number of benzene rings is 1. The van der Waals surface area contributed by atoms with Crippen LogP contribution in [0.2, 0.25) is 5.02 Å². The number of rotatable bonds is 5. The molecule has 2 aromatic heterocycles. The van der Waals surface area contributed by atoms with Gasteiger partial charge < -0.3 is 4.74 Å². The number of aromatic nitrogens is 5. The Bertz CT molecular complexity index is 1060. The fourth-order valence-corrected chi connectivity index (χ4v) is 3.32. The number of hydrogen-bond donors (Lipinski definition) is 1. The van der Waals surface area contributed by atoms with E-state index in [2.05, 4.69) is 24.8 Å². The summed E-state index contributed by atoms with van der Waals surface area (Å²) in [5.74, 6) is -1.31. The maximum atomic E-state index is 12.6. The smallest absolute Gasteiger partial charge is 0.404 e. The molecule has 0 amide bonds. The molecule has 3 rings (SSSR count). The fraction of sp³-hybridized carbons (Fsp3) is 0.0769. The summed E-state index contributed by atoms with van der Waals surface area (Å²) >= 11 is 5.72. The highest BCUT2D eigenvalue weighted by Crippen LogP contribution is 2.32. The molecule has 1 N–H and O–H groups in total. The van der Waals surface area contributed by atoms with Crippen molar-refractivity contribution in [3.05, 3.63) is 48.0 Å². The molecule has 2 heterocycles. The van der Waals surface area contributed by atoms with Crippen molar-refractivity contribution in [2.75, 3.05) is 4.72 Å². The van der Waals surface area contributed by atoms with Gasteiger partial charge in [0.05, 0.1) is 0 Å². The van der Waals surface area contributed by atoms with E-state index in [-0.39, 0.29) is 16.9 Å². The van der Waals surface area contributed by atoms with Crippen LogP contribution in [-0.2, 0) is 10.0 Å². The number of ether oxygens (including phenoxy) is 1.